The molecule has 0 saturated heterocycles. The van der Waals surface area contributed by atoms with Crippen molar-refractivity contribution >= 4 is 35.3 Å². The van der Waals surface area contributed by atoms with Crippen LogP contribution in [0, 0.1) is 0 Å². The van der Waals surface area contributed by atoms with Gasteiger partial charge in [0.1, 0.15) is 5.75 Å². The van der Waals surface area contributed by atoms with E-state index in [2.05, 4.69) is 15.8 Å². The molecule has 28 heavy (non-hydrogen) atoms. The highest BCUT2D eigenvalue weighted by atomic mass is 35.5. The summed E-state index contributed by atoms with van der Waals surface area (Å²) in [4.78, 5) is 24.3. The summed E-state index contributed by atoms with van der Waals surface area (Å²) in [6, 6.07) is 10.9. The van der Waals surface area contributed by atoms with E-state index in [1.807, 2.05) is 39.0 Å². The minimum atomic E-state index is -0.846. The Morgan fingerprint density at radius 3 is 2.32 bits per heavy atom. The van der Waals surface area contributed by atoms with E-state index in [4.69, 9.17) is 16.3 Å². The smallest absolute Gasteiger partial charge is 0.329 e. The molecule has 0 saturated carbocycles. The predicted octanol–water partition coefficient (Wildman–Crippen LogP) is 3.95. The standard InChI is InChI=1S/C21H24ClN3O3/c1-4-15-8-7-9-16(5-2)19(15)24-20(26)21(27)25-23-13-14-10-11-18(28-6-3)17(22)12-14/h7-13H,4-6H2,1-3H3,(H,24,26)(H,25,27)/b23-13-. The van der Waals surface area contributed by atoms with Gasteiger partial charge in [0.05, 0.1) is 17.8 Å². The van der Waals surface area contributed by atoms with Crippen LogP contribution in [0.2, 0.25) is 5.02 Å². The van der Waals surface area contributed by atoms with Crippen LogP contribution in [-0.4, -0.2) is 24.6 Å². The van der Waals surface area contributed by atoms with Crippen LogP contribution in [0.1, 0.15) is 37.5 Å². The van der Waals surface area contributed by atoms with Crippen LogP contribution in [0.3, 0.4) is 0 Å². The average Bonchev–Trinajstić information content (AvgIpc) is 2.70. The maximum absolute atomic E-state index is 12.2. The Balaban J connectivity index is 2.01. The van der Waals surface area contributed by atoms with E-state index in [9.17, 15) is 9.59 Å². The van der Waals surface area contributed by atoms with Gasteiger partial charge >= 0.3 is 11.8 Å². The molecular weight excluding hydrogens is 378 g/mol. The Labute approximate surface area is 169 Å². The number of nitrogens with zero attached hydrogens (tertiary/aromatic N) is 1. The Morgan fingerprint density at radius 2 is 1.75 bits per heavy atom. The number of anilines is 1. The molecule has 0 bridgehead atoms. The fraction of sp³-hybridized carbons (Fsp3) is 0.286. The molecule has 2 amide bonds. The van der Waals surface area contributed by atoms with Crippen molar-refractivity contribution in [2.45, 2.75) is 33.6 Å². The van der Waals surface area contributed by atoms with Gasteiger partial charge in [-0.3, -0.25) is 9.59 Å². The molecule has 7 heteroatoms. The van der Waals surface area contributed by atoms with Crippen LogP contribution in [0.4, 0.5) is 5.69 Å². The number of carbonyl (C=O) groups is 2. The van der Waals surface area contributed by atoms with Gasteiger partial charge in [0.2, 0.25) is 0 Å². The van der Waals surface area contributed by atoms with Crippen LogP contribution in [-0.2, 0) is 22.4 Å². The first kappa shape index (κ1) is 21.4. The molecule has 0 aromatic heterocycles. The maximum Gasteiger partial charge on any atom is 0.329 e. The minimum Gasteiger partial charge on any atom is -0.492 e. The van der Waals surface area contributed by atoms with Gasteiger partial charge < -0.3 is 10.1 Å². The molecule has 0 fully saturated rings. The summed E-state index contributed by atoms with van der Waals surface area (Å²) in [5.74, 6) is -1.04. The molecule has 2 aromatic carbocycles. The molecule has 0 unspecified atom stereocenters. The van der Waals surface area contributed by atoms with E-state index >= 15 is 0 Å². The number of aryl methyl sites for hydroxylation is 2. The zero-order valence-electron chi connectivity index (χ0n) is 16.2. The van der Waals surface area contributed by atoms with Gasteiger partial charge in [-0.15, -0.1) is 0 Å². The highest BCUT2D eigenvalue weighted by molar-refractivity contribution is 6.39. The van der Waals surface area contributed by atoms with Crippen molar-refractivity contribution in [3.05, 3.63) is 58.1 Å². The maximum atomic E-state index is 12.2. The number of halogens is 1. The van der Waals surface area contributed by atoms with Crippen LogP contribution in [0.5, 0.6) is 5.75 Å². The molecule has 0 heterocycles. The van der Waals surface area contributed by atoms with Crippen molar-refractivity contribution in [1.29, 1.82) is 0 Å². The summed E-state index contributed by atoms with van der Waals surface area (Å²) >= 11 is 6.11. The number of rotatable bonds is 7. The first-order chi connectivity index (χ1) is 13.5. The zero-order chi connectivity index (χ0) is 20.5. The lowest BCUT2D eigenvalue weighted by Gasteiger charge is -2.13. The number of amides is 2. The fourth-order valence-electron chi connectivity index (χ4n) is 2.66. The number of hydrazone groups is 1. The lowest BCUT2D eigenvalue weighted by Crippen LogP contribution is -2.33. The highest BCUT2D eigenvalue weighted by Crippen LogP contribution is 2.25. The Hall–Kier alpha value is -2.86. The predicted molar refractivity (Wildman–Crippen MR) is 112 cm³/mol. The SMILES string of the molecule is CCOc1ccc(/C=N\NC(=O)C(=O)Nc2c(CC)cccc2CC)cc1Cl. The Morgan fingerprint density at radius 1 is 1.07 bits per heavy atom. The number of para-hydroxylation sites is 1. The van der Waals surface area contributed by atoms with Gasteiger partial charge in [-0.25, -0.2) is 5.43 Å². The molecule has 2 rings (SSSR count). The number of ether oxygens (including phenoxy) is 1. The quantitative estimate of drug-likeness (QED) is 0.418. The third-order valence-electron chi connectivity index (χ3n) is 4.08. The molecule has 2 aromatic rings. The lowest BCUT2D eigenvalue weighted by atomic mass is 10.0. The van der Waals surface area contributed by atoms with Gasteiger partial charge in [-0.05, 0) is 54.7 Å². The second-order valence-electron chi connectivity index (χ2n) is 5.93. The van der Waals surface area contributed by atoms with Crippen LogP contribution in [0.25, 0.3) is 0 Å². The summed E-state index contributed by atoms with van der Waals surface area (Å²) in [5.41, 5.74) is 5.54. The first-order valence-corrected chi connectivity index (χ1v) is 9.55. The topological polar surface area (TPSA) is 79.8 Å². The molecule has 0 atom stereocenters. The Kier molecular flexibility index (Phi) is 8.02. The first-order valence-electron chi connectivity index (χ1n) is 9.17. The Bertz CT molecular complexity index is 859. The van der Waals surface area contributed by atoms with Gasteiger partial charge in [0.25, 0.3) is 0 Å². The molecule has 0 aliphatic carbocycles. The summed E-state index contributed by atoms with van der Waals surface area (Å²) in [7, 11) is 0. The summed E-state index contributed by atoms with van der Waals surface area (Å²) in [6.45, 7) is 6.38. The van der Waals surface area contributed by atoms with E-state index in [1.54, 1.807) is 18.2 Å². The second-order valence-corrected chi connectivity index (χ2v) is 6.34. The van der Waals surface area contributed by atoms with Crippen molar-refractivity contribution in [3.8, 4) is 5.75 Å². The number of carbonyl (C=O) groups excluding carboxylic acids is 2. The normalized spacial score (nSPS) is 10.7. The molecule has 6 nitrogen and oxygen atoms in total. The van der Waals surface area contributed by atoms with Crippen molar-refractivity contribution in [3.63, 3.8) is 0 Å². The number of hydrogen-bond donors (Lipinski definition) is 2. The third kappa shape index (κ3) is 5.57. The van der Waals surface area contributed by atoms with Crippen LogP contribution in [0.15, 0.2) is 41.5 Å². The molecule has 2 N–H and O–H groups in total. The summed E-state index contributed by atoms with van der Waals surface area (Å²) < 4.78 is 5.36. The summed E-state index contributed by atoms with van der Waals surface area (Å²) in [5, 5.41) is 6.96. The van der Waals surface area contributed by atoms with Crippen molar-refractivity contribution in [2.24, 2.45) is 5.10 Å². The van der Waals surface area contributed by atoms with Crippen molar-refractivity contribution in [2.75, 3.05) is 11.9 Å². The zero-order valence-corrected chi connectivity index (χ0v) is 17.0. The van der Waals surface area contributed by atoms with Gasteiger partial charge in [0.15, 0.2) is 0 Å². The van der Waals surface area contributed by atoms with E-state index < -0.39 is 11.8 Å². The van der Waals surface area contributed by atoms with Crippen LogP contribution < -0.4 is 15.5 Å². The molecule has 0 aliphatic heterocycles. The highest BCUT2D eigenvalue weighted by Gasteiger charge is 2.16. The van der Waals surface area contributed by atoms with Gasteiger partial charge in [-0.2, -0.15) is 5.10 Å². The van der Waals surface area contributed by atoms with E-state index in [0.717, 1.165) is 24.0 Å². The monoisotopic (exact) mass is 401 g/mol. The van der Waals surface area contributed by atoms with Gasteiger partial charge in [0, 0.05) is 5.69 Å². The minimum absolute atomic E-state index is 0.443. The number of benzene rings is 2. The molecule has 0 radical (unpaired) electrons. The third-order valence-corrected chi connectivity index (χ3v) is 4.37. The lowest BCUT2D eigenvalue weighted by molar-refractivity contribution is -0.136. The van der Waals surface area contributed by atoms with E-state index in [-0.39, 0.29) is 0 Å². The number of nitrogens with one attached hydrogen (secondary N) is 2. The van der Waals surface area contributed by atoms with Crippen LogP contribution >= 0.6 is 11.6 Å². The van der Waals surface area contributed by atoms with Gasteiger partial charge in [-0.1, -0.05) is 43.6 Å². The average molecular weight is 402 g/mol. The molecule has 148 valence electrons. The molecule has 0 aliphatic rings. The molecule has 0 spiro atoms. The van der Waals surface area contributed by atoms with Crippen molar-refractivity contribution in [1.82, 2.24) is 5.43 Å². The van der Waals surface area contributed by atoms with E-state index in [0.29, 0.717) is 28.6 Å². The largest absolute Gasteiger partial charge is 0.492 e. The van der Waals surface area contributed by atoms with E-state index in [1.165, 1.54) is 6.21 Å². The van der Waals surface area contributed by atoms with Crippen molar-refractivity contribution < 1.29 is 14.3 Å². The number of hydrogen-bond acceptors (Lipinski definition) is 4. The second kappa shape index (κ2) is 10.5. The summed E-state index contributed by atoms with van der Waals surface area (Å²) in [6.07, 6.45) is 2.91. The molecular formula is C21H24ClN3O3. The fourth-order valence-corrected chi connectivity index (χ4v) is 2.90.